The van der Waals surface area contributed by atoms with Gasteiger partial charge in [0, 0.05) is 5.75 Å². The highest BCUT2D eigenvalue weighted by Gasteiger charge is 2.27. The van der Waals surface area contributed by atoms with E-state index in [2.05, 4.69) is 16.4 Å². The van der Waals surface area contributed by atoms with E-state index in [-0.39, 0.29) is 24.1 Å². The molecule has 7 heteroatoms. The Labute approximate surface area is 153 Å². The van der Waals surface area contributed by atoms with Crippen LogP contribution in [0.25, 0.3) is 0 Å². The molecule has 5 nitrogen and oxygen atoms in total. The third-order valence-electron chi connectivity index (χ3n) is 3.95. The summed E-state index contributed by atoms with van der Waals surface area (Å²) in [5, 5.41) is 2.79. The van der Waals surface area contributed by atoms with Crippen LogP contribution in [0.15, 0.2) is 53.5 Å². The summed E-state index contributed by atoms with van der Waals surface area (Å²) in [5.41, 5.74) is 3.61. The minimum absolute atomic E-state index is 0.0544. The Morgan fingerprint density at radius 2 is 2.00 bits per heavy atom. The van der Waals surface area contributed by atoms with Crippen molar-refractivity contribution in [2.45, 2.75) is 5.75 Å². The van der Waals surface area contributed by atoms with Gasteiger partial charge in [0.2, 0.25) is 11.8 Å². The number of hydrogen-bond acceptors (Lipinski definition) is 5. The summed E-state index contributed by atoms with van der Waals surface area (Å²) in [6.45, 7) is 0.0544. The number of carbonyl (C=O) groups excluding carboxylic acids is 2. The SMILES string of the molecule is O=C1CN(C(=O)CSC2=Nc3ccccc3CS2)c2ccccc2N1. The van der Waals surface area contributed by atoms with Crippen molar-refractivity contribution < 1.29 is 9.59 Å². The van der Waals surface area contributed by atoms with Gasteiger partial charge in [0.15, 0.2) is 0 Å². The number of carbonyl (C=O) groups is 2. The number of thioether (sulfide) groups is 2. The van der Waals surface area contributed by atoms with Crippen LogP contribution in [-0.2, 0) is 15.3 Å². The molecule has 0 unspecified atom stereocenters. The van der Waals surface area contributed by atoms with Crippen molar-refractivity contribution in [2.75, 3.05) is 22.5 Å². The molecule has 2 heterocycles. The number of fused-ring (bicyclic) bond motifs is 2. The van der Waals surface area contributed by atoms with Crippen LogP contribution in [0.1, 0.15) is 5.56 Å². The van der Waals surface area contributed by atoms with E-state index in [1.807, 2.05) is 36.4 Å². The van der Waals surface area contributed by atoms with Crippen LogP contribution in [0.2, 0.25) is 0 Å². The van der Waals surface area contributed by atoms with Gasteiger partial charge in [-0.25, -0.2) is 4.99 Å². The quantitative estimate of drug-likeness (QED) is 0.878. The molecular weight excluding hydrogens is 354 g/mol. The second-order valence-corrected chi connectivity index (χ2v) is 7.82. The molecule has 0 atom stereocenters. The van der Waals surface area contributed by atoms with Gasteiger partial charge in [-0.1, -0.05) is 53.9 Å². The van der Waals surface area contributed by atoms with Crippen molar-refractivity contribution in [1.29, 1.82) is 0 Å². The summed E-state index contributed by atoms with van der Waals surface area (Å²) in [7, 11) is 0. The van der Waals surface area contributed by atoms with Crippen LogP contribution in [-0.4, -0.2) is 28.5 Å². The lowest BCUT2D eigenvalue weighted by Gasteiger charge is -2.29. The highest BCUT2D eigenvalue weighted by atomic mass is 32.2. The zero-order valence-electron chi connectivity index (χ0n) is 13.3. The standard InChI is InChI=1S/C18H15N3O2S2/c22-16-9-21(15-8-4-3-7-14(15)19-16)17(23)11-25-18-20-13-6-2-1-5-12(13)10-24-18/h1-8H,9-11H2,(H,19,22). The highest BCUT2D eigenvalue weighted by molar-refractivity contribution is 8.38. The predicted octanol–water partition coefficient (Wildman–Crippen LogP) is 3.64. The average Bonchev–Trinajstić information content (AvgIpc) is 2.65. The molecule has 2 aliphatic heterocycles. The van der Waals surface area contributed by atoms with Crippen molar-refractivity contribution >= 4 is 56.8 Å². The molecule has 0 fully saturated rings. The van der Waals surface area contributed by atoms with Crippen molar-refractivity contribution in [3.63, 3.8) is 0 Å². The molecule has 0 bridgehead atoms. The first-order chi connectivity index (χ1) is 12.2. The lowest BCUT2D eigenvalue weighted by molar-refractivity contribution is -0.120. The fourth-order valence-electron chi connectivity index (χ4n) is 2.74. The summed E-state index contributed by atoms with van der Waals surface area (Å²) in [6, 6.07) is 15.4. The first-order valence-electron chi connectivity index (χ1n) is 7.82. The fourth-order valence-corrected chi connectivity index (χ4v) is 4.68. The highest BCUT2D eigenvalue weighted by Crippen LogP contribution is 2.35. The molecule has 0 saturated heterocycles. The van der Waals surface area contributed by atoms with Gasteiger partial charge in [0.05, 0.1) is 22.8 Å². The van der Waals surface area contributed by atoms with E-state index in [1.54, 1.807) is 22.7 Å². The van der Waals surface area contributed by atoms with E-state index in [1.165, 1.54) is 17.3 Å². The second kappa shape index (κ2) is 6.93. The Bertz CT molecular complexity index is 882. The molecular formula is C18H15N3O2S2. The van der Waals surface area contributed by atoms with E-state index in [0.717, 1.165) is 21.5 Å². The van der Waals surface area contributed by atoms with Crippen molar-refractivity contribution in [3.05, 3.63) is 54.1 Å². The molecule has 2 amide bonds. The predicted molar refractivity (Wildman–Crippen MR) is 105 cm³/mol. The van der Waals surface area contributed by atoms with Gasteiger partial charge in [-0.3, -0.25) is 9.59 Å². The molecule has 0 aromatic heterocycles. The Hall–Kier alpha value is -2.25. The Morgan fingerprint density at radius 3 is 2.92 bits per heavy atom. The molecule has 2 aliphatic rings. The monoisotopic (exact) mass is 369 g/mol. The maximum absolute atomic E-state index is 12.7. The molecule has 0 spiro atoms. The summed E-state index contributed by atoms with van der Waals surface area (Å²) >= 11 is 3.07. The number of aliphatic imine (C=N–C) groups is 1. The number of benzene rings is 2. The maximum atomic E-state index is 12.7. The maximum Gasteiger partial charge on any atom is 0.244 e. The summed E-state index contributed by atoms with van der Waals surface area (Å²) in [6.07, 6.45) is 0. The minimum atomic E-state index is -0.171. The van der Waals surface area contributed by atoms with E-state index < -0.39 is 0 Å². The molecule has 25 heavy (non-hydrogen) atoms. The Morgan fingerprint density at radius 1 is 1.20 bits per heavy atom. The van der Waals surface area contributed by atoms with Crippen LogP contribution < -0.4 is 10.2 Å². The van der Waals surface area contributed by atoms with Gasteiger partial charge in [0.25, 0.3) is 0 Å². The second-order valence-electron chi connectivity index (χ2n) is 5.63. The number of anilines is 2. The third kappa shape index (κ3) is 3.43. The first kappa shape index (κ1) is 16.2. The minimum Gasteiger partial charge on any atom is -0.323 e. The molecule has 0 aliphatic carbocycles. The number of amides is 2. The molecule has 126 valence electrons. The zero-order valence-corrected chi connectivity index (χ0v) is 14.9. The number of nitrogens with zero attached hydrogens (tertiary/aromatic N) is 2. The first-order valence-corrected chi connectivity index (χ1v) is 9.79. The summed E-state index contributed by atoms with van der Waals surface area (Å²) in [5.74, 6) is 0.866. The third-order valence-corrected chi connectivity index (χ3v) is 6.18. The Balaban J connectivity index is 1.47. The van der Waals surface area contributed by atoms with E-state index in [0.29, 0.717) is 5.69 Å². The topological polar surface area (TPSA) is 61.8 Å². The van der Waals surface area contributed by atoms with Gasteiger partial charge in [-0.05, 0) is 23.8 Å². The zero-order chi connectivity index (χ0) is 17.2. The van der Waals surface area contributed by atoms with Gasteiger partial charge in [-0.15, -0.1) is 0 Å². The number of para-hydroxylation sites is 3. The molecule has 0 saturated carbocycles. The van der Waals surface area contributed by atoms with Crippen molar-refractivity contribution in [1.82, 2.24) is 0 Å². The van der Waals surface area contributed by atoms with E-state index in [9.17, 15) is 9.59 Å². The molecule has 0 radical (unpaired) electrons. The van der Waals surface area contributed by atoms with E-state index >= 15 is 0 Å². The van der Waals surface area contributed by atoms with Crippen LogP contribution in [0.5, 0.6) is 0 Å². The van der Waals surface area contributed by atoms with E-state index in [4.69, 9.17) is 0 Å². The number of hydrogen-bond donors (Lipinski definition) is 1. The summed E-state index contributed by atoms with van der Waals surface area (Å²) < 4.78 is 0.891. The van der Waals surface area contributed by atoms with Crippen LogP contribution in [0.3, 0.4) is 0 Å². The normalized spacial score (nSPS) is 15.8. The van der Waals surface area contributed by atoms with Crippen molar-refractivity contribution in [2.24, 2.45) is 4.99 Å². The molecule has 4 rings (SSSR count). The number of rotatable bonds is 2. The molecule has 2 aromatic rings. The van der Waals surface area contributed by atoms with Gasteiger partial charge in [-0.2, -0.15) is 0 Å². The average molecular weight is 369 g/mol. The molecule has 1 N–H and O–H groups in total. The van der Waals surface area contributed by atoms with Gasteiger partial charge in [0.1, 0.15) is 10.9 Å². The van der Waals surface area contributed by atoms with Crippen LogP contribution >= 0.6 is 23.5 Å². The molecule has 2 aromatic carbocycles. The van der Waals surface area contributed by atoms with Crippen LogP contribution in [0.4, 0.5) is 17.1 Å². The van der Waals surface area contributed by atoms with Gasteiger partial charge >= 0.3 is 0 Å². The van der Waals surface area contributed by atoms with Crippen LogP contribution in [0, 0.1) is 0 Å². The summed E-state index contributed by atoms with van der Waals surface area (Å²) in [4.78, 5) is 30.7. The largest absolute Gasteiger partial charge is 0.323 e. The number of nitrogens with one attached hydrogen (secondary N) is 1. The van der Waals surface area contributed by atoms with Crippen molar-refractivity contribution in [3.8, 4) is 0 Å². The lowest BCUT2D eigenvalue weighted by Crippen LogP contribution is -2.43. The Kier molecular flexibility index (Phi) is 4.50. The smallest absolute Gasteiger partial charge is 0.244 e. The van der Waals surface area contributed by atoms with Gasteiger partial charge < -0.3 is 10.2 Å². The lowest BCUT2D eigenvalue weighted by atomic mass is 10.2. The fraction of sp³-hybridized carbons (Fsp3) is 0.167.